The Hall–Kier alpha value is -3.39. The zero-order valence-corrected chi connectivity index (χ0v) is 16.9. The van der Waals surface area contributed by atoms with Crippen LogP contribution in [0.1, 0.15) is 24.1 Å². The Kier molecular flexibility index (Phi) is 5.17. The summed E-state index contributed by atoms with van der Waals surface area (Å²) in [5.41, 5.74) is 1.49. The smallest absolute Gasteiger partial charge is 0.338 e. The fourth-order valence-corrected chi connectivity index (χ4v) is 4.41. The number of ether oxygens (including phenoxy) is 1. The van der Waals surface area contributed by atoms with Crippen molar-refractivity contribution in [3.63, 3.8) is 0 Å². The highest BCUT2D eigenvalue weighted by Crippen LogP contribution is 2.30. The Bertz CT molecular complexity index is 1340. The SMILES string of the molecule is COC(=O)C1=C(C)N=c2sc(=Cc3ccc(F)cc3)c(=O)n2[C@H]1c1ccc(F)cc1. The fraction of sp³-hybridized carbons (Fsp3) is 0.136. The van der Waals surface area contributed by atoms with Gasteiger partial charge in [-0.1, -0.05) is 35.6 Å². The van der Waals surface area contributed by atoms with Gasteiger partial charge in [-0.05, 0) is 48.4 Å². The van der Waals surface area contributed by atoms with Crippen LogP contribution < -0.4 is 14.9 Å². The Morgan fingerprint density at radius 3 is 2.30 bits per heavy atom. The molecule has 0 aliphatic carbocycles. The first-order valence-corrected chi connectivity index (χ1v) is 9.82. The van der Waals surface area contributed by atoms with Crippen LogP contribution in [-0.2, 0) is 9.53 Å². The monoisotopic (exact) mass is 426 g/mol. The van der Waals surface area contributed by atoms with Gasteiger partial charge in [0.15, 0.2) is 4.80 Å². The van der Waals surface area contributed by atoms with Gasteiger partial charge in [0.25, 0.3) is 5.56 Å². The second kappa shape index (κ2) is 7.79. The topological polar surface area (TPSA) is 60.7 Å². The molecule has 0 unspecified atom stereocenters. The summed E-state index contributed by atoms with van der Waals surface area (Å²) in [7, 11) is 1.25. The third-order valence-electron chi connectivity index (χ3n) is 4.78. The molecular formula is C22H16F2N2O3S. The van der Waals surface area contributed by atoms with Crippen molar-refractivity contribution in [3.8, 4) is 0 Å². The summed E-state index contributed by atoms with van der Waals surface area (Å²) in [6, 6.07) is 10.5. The van der Waals surface area contributed by atoms with Crippen molar-refractivity contribution in [2.24, 2.45) is 4.99 Å². The lowest BCUT2D eigenvalue weighted by Gasteiger charge is -2.24. The van der Waals surface area contributed by atoms with E-state index in [0.717, 1.165) is 11.3 Å². The van der Waals surface area contributed by atoms with Crippen molar-refractivity contribution in [3.05, 3.63) is 102 Å². The molecule has 152 valence electrons. The molecule has 3 aromatic rings. The molecule has 1 aliphatic heterocycles. The largest absolute Gasteiger partial charge is 0.466 e. The molecule has 1 aromatic heterocycles. The lowest BCUT2D eigenvalue weighted by atomic mass is 9.96. The highest BCUT2D eigenvalue weighted by Gasteiger charge is 2.33. The van der Waals surface area contributed by atoms with Crippen LogP contribution in [-0.4, -0.2) is 17.6 Å². The van der Waals surface area contributed by atoms with Crippen molar-refractivity contribution in [2.75, 3.05) is 7.11 Å². The molecule has 0 saturated carbocycles. The molecule has 0 spiro atoms. The summed E-state index contributed by atoms with van der Waals surface area (Å²) >= 11 is 1.16. The number of carbonyl (C=O) groups is 1. The number of nitrogens with zero attached hydrogens (tertiary/aromatic N) is 2. The summed E-state index contributed by atoms with van der Waals surface area (Å²) in [4.78, 5) is 30.6. The minimum absolute atomic E-state index is 0.213. The second-order valence-corrected chi connectivity index (χ2v) is 7.69. The first-order valence-electron chi connectivity index (χ1n) is 9.01. The molecular weight excluding hydrogens is 410 g/mol. The molecule has 4 rings (SSSR count). The van der Waals surface area contributed by atoms with Crippen LogP contribution in [0.15, 0.2) is 69.6 Å². The summed E-state index contributed by atoms with van der Waals surface area (Å²) in [6.07, 6.45) is 1.64. The Morgan fingerprint density at radius 1 is 1.10 bits per heavy atom. The average molecular weight is 426 g/mol. The number of fused-ring (bicyclic) bond motifs is 1. The van der Waals surface area contributed by atoms with E-state index in [1.807, 2.05) is 0 Å². The van der Waals surface area contributed by atoms with Gasteiger partial charge >= 0.3 is 5.97 Å². The number of benzene rings is 2. The number of carbonyl (C=O) groups excluding carboxylic acids is 1. The molecule has 30 heavy (non-hydrogen) atoms. The highest BCUT2D eigenvalue weighted by molar-refractivity contribution is 7.07. The predicted molar refractivity (Wildman–Crippen MR) is 109 cm³/mol. The first kappa shape index (κ1) is 19.9. The quantitative estimate of drug-likeness (QED) is 0.605. The van der Waals surface area contributed by atoms with E-state index in [4.69, 9.17) is 4.74 Å². The van der Waals surface area contributed by atoms with Crippen LogP contribution >= 0.6 is 11.3 Å². The molecule has 0 amide bonds. The maximum atomic E-state index is 13.5. The van der Waals surface area contributed by atoms with E-state index in [2.05, 4.69) is 4.99 Å². The third kappa shape index (κ3) is 3.50. The van der Waals surface area contributed by atoms with Crippen LogP contribution in [0.3, 0.4) is 0 Å². The van der Waals surface area contributed by atoms with Gasteiger partial charge in [-0.2, -0.15) is 0 Å². The van der Waals surface area contributed by atoms with E-state index in [1.165, 1.54) is 48.1 Å². The number of hydrogen-bond acceptors (Lipinski definition) is 5. The zero-order chi connectivity index (χ0) is 21.4. The summed E-state index contributed by atoms with van der Waals surface area (Å²) < 4.78 is 33.4. The van der Waals surface area contributed by atoms with Gasteiger partial charge < -0.3 is 4.74 Å². The molecule has 2 aromatic carbocycles. The van der Waals surface area contributed by atoms with Gasteiger partial charge in [0, 0.05) is 0 Å². The molecule has 0 bridgehead atoms. The molecule has 0 saturated heterocycles. The normalized spacial score (nSPS) is 16.3. The van der Waals surface area contributed by atoms with Gasteiger partial charge in [0.2, 0.25) is 0 Å². The number of hydrogen-bond donors (Lipinski definition) is 0. The predicted octanol–water partition coefficient (Wildman–Crippen LogP) is 2.69. The van der Waals surface area contributed by atoms with E-state index < -0.39 is 17.8 Å². The molecule has 1 aliphatic rings. The molecule has 0 fully saturated rings. The number of aromatic nitrogens is 1. The minimum Gasteiger partial charge on any atom is -0.466 e. The number of rotatable bonds is 3. The van der Waals surface area contributed by atoms with Crippen molar-refractivity contribution in [1.29, 1.82) is 0 Å². The maximum absolute atomic E-state index is 13.5. The van der Waals surface area contributed by atoms with Gasteiger partial charge in [0.1, 0.15) is 11.6 Å². The molecule has 2 heterocycles. The summed E-state index contributed by atoms with van der Waals surface area (Å²) in [5, 5.41) is 0. The van der Waals surface area contributed by atoms with Gasteiger partial charge in [0.05, 0.1) is 29.0 Å². The molecule has 0 N–H and O–H groups in total. The zero-order valence-electron chi connectivity index (χ0n) is 16.1. The highest BCUT2D eigenvalue weighted by atomic mass is 32.1. The van der Waals surface area contributed by atoms with Crippen LogP contribution in [0.2, 0.25) is 0 Å². The summed E-state index contributed by atoms with van der Waals surface area (Å²) in [5.74, 6) is -1.41. The van der Waals surface area contributed by atoms with Gasteiger partial charge in [-0.25, -0.2) is 18.6 Å². The van der Waals surface area contributed by atoms with Crippen molar-refractivity contribution >= 4 is 23.4 Å². The van der Waals surface area contributed by atoms with E-state index >= 15 is 0 Å². The second-order valence-electron chi connectivity index (χ2n) is 6.68. The number of esters is 1. The van der Waals surface area contributed by atoms with Crippen LogP contribution in [0, 0.1) is 11.6 Å². The van der Waals surface area contributed by atoms with E-state index in [0.29, 0.717) is 26.2 Å². The number of methoxy groups -OCH3 is 1. The standard InChI is InChI=1S/C22H16F2N2O3S/c1-12-18(21(28)29-2)19(14-5-9-16(24)10-6-14)26-20(27)17(30-22(26)25-12)11-13-3-7-15(23)8-4-13/h3-11,19H,1-2H3/t19-/m0/s1. The third-order valence-corrected chi connectivity index (χ3v) is 5.76. The van der Waals surface area contributed by atoms with E-state index in [9.17, 15) is 18.4 Å². The van der Waals surface area contributed by atoms with Crippen LogP contribution in [0.5, 0.6) is 0 Å². The van der Waals surface area contributed by atoms with E-state index in [-0.39, 0.29) is 16.9 Å². The van der Waals surface area contributed by atoms with Crippen molar-refractivity contribution in [1.82, 2.24) is 4.57 Å². The Labute approximate surface area is 173 Å². The van der Waals surface area contributed by atoms with Crippen molar-refractivity contribution in [2.45, 2.75) is 13.0 Å². The van der Waals surface area contributed by atoms with E-state index in [1.54, 1.807) is 25.1 Å². The van der Waals surface area contributed by atoms with Crippen LogP contribution in [0.4, 0.5) is 8.78 Å². The lowest BCUT2D eigenvalue weighted by molar-refractivity contribution is -0.136. The molecule has 5 nitrogen and oxygen atoms in total. The van der Waals surface area contributed by atoms with Crippen LogP contribution in [0.25, 0.3) is 6.08 Å². The lowest BCUT2D eigenvalue weighted by Crippen LogP contribution is -2.39. The minimum atomic E-state index is -0.801. The maximum Gasteiger partial charge on any atom is 0.338 e. The Balaban J connectivity index is 1.96. The first-order chi connectivity index (χ1) is 14.4. The number of allylic oxidation sites excluding steroid dienone is 1. The summed E-state index contributed by atoms with van der Waals surface area (Å²) in [6.45, 7) is 1.67. The molecule has 8 heteroatoms. The van der Waals surface area contributed by atoms with Gasteiger partial charge in [-0.15, -0.1) is 0 Å². The number of thiazole rings is 1. The molecule has 1 atom stereocenters. The number of halogens is 2. The van der Waals surface area contributed by atoms with Crippen molar-refractivity contribution < 1.29 is 18.3 Å². The molecule has 0 radical (unpaired) electrons. The van der Waals surface area contributed by atoms with Gasteiger partial charge in [-0.3, -0.25) is 9.36 Å². The Morgan fingerprint density at radius 2 is 1.70 bits per heavy atom. The fourth-order valence-electron chi connectivity index (χ4n) is 3.36. The average Bonchev–Trinajstić information content (AvgIpc) is 3.03.